The molecule has 15 heteroatoms. The number of anilines is 1. The number of pyridine rings is 1. The van der Waals surface area contributed by atoms with Gasteiger partial charge in [0.1, 0.15) is 24.2 Å². The summed E-state index contributed by atoms with van der Waals surface area (Å²) in [6, 6.07) is 5.95. The number of oxime groups is 1. The lowest BCUT2D eigenvalue weighted by Gasteiger charge is -2.49. The molecule has 2 atom stereocenters. The molecule has 190 valence electrons. The molecule has 5 N–H and O–H groups in total. The van der Waals surface area contributed by atoms with E-state index in [9.17, 15) is 24.6 Å². The number of carboxylic acid groups (broad SMARTS) is 1. The van der Waals surface area contributed by atoms with E-state index in [2.05, 4.69) is 30.0 Å². The Labute approximate surface area is 212 Å². The van der Waals surface area contributed by atoms with Gasteiger partial charge in [-0.05, 0) is 6.07 Å². The maximum Gasteiger partial charge on any atom is 0.352 e. The number of thioether (sulfide) groups is 1. The number of aromatic nitrogens is 3. The zero-order valence-electron chi connectivity index (χ0n) is 19.2. The van der Waals surface area contributed by atoms with Crippen molar-refractivity contribution in [1.29, 1.82) is 0 Å². The molecule has 14 nitrogen and oxygen atoms in total. The molecule has 0 radical (unpaired) electrons. The average Bonchev–Trinajstić information content (AvgIpc) is 3.31. The predicted octanol–water partition coefficient (Wildman–Crippen LogP) is -0.413. The Balaban J connectivity index is 1.38. The van der Waals surface area contributed by atoms with Gasteiger partial charge in [0.25, 0.3) is 11.8 Å². The Bertz CT molecular complexity index is 1500. The van der Waals surface area contributed by atoms with Crippen LogP contribution in [0.1, 0.15) is 5.82 Å². The number of aromatic hydroxyl groups is 1. The minimum atomic E-state index is -1.27. The van der Waals surface area contributed by atoms with Crippen molar-refractivity contribution >= 4 is 52.0 Å². The van der Waals surface area contributed by atoms with Crippen LogP contribution < -0.4 is 15.6 Å². The summed E-state index contributed by atoms with van der Waals surface area (Å²) in [5, 5.41) is 30.8. The van der Waals surface area contributed by atoms with E-state index in [1.807, 2.05) is 18.2 Å². The molecule has 0 bridgehead atoms. The monoisotopic (exact) mass is 526 g/mol. The largest absolute Gasteiger partial charge is 0.502 e. The van der Waals surface area contributed by atoms with Crippen LogP contribution in [0, 0.1) is 0 Å². The number of carboxylic acids is 1. The van der Waals surface area contributed by atoms with Crippen LogP contribution >= 0.6 is 11.8 Å². The molecule has 2 aliphatic rings. The molecular formula is C22H20N7O7S+. The van der Waals surface area contributed by atoms with Crippen LogP contribution in [-0.2, 0) is 25.8 Å². The SMILES string of the molecule is CON=C(C(=O)NC1C(=O)N2C(C(=O)O)=C(C[n+]3cc(O)c4ccccc4c3)CS[C@@H]12)c1noc(N)n1. The number of nitrogens with two attached hydrogens (primary N) is 1. The van der Waals surface area contributed by atoms with Crippen LogP contribution in [0.2, 0.25) is 0 Å². The highest BCUT2D eigenvalue weighted by Crippen LogP contribution is 2.40. The second-order valence-electron chi connectivity index (χ2n) is 8.10. The lowest BCUT2D eigenvalue weighted by molar-refractivity contribution is -0.688. The van der Waals surface area contributed by atoms with Crippen LogP contribution in [0.15, 0.2) is 57.6 Å². The first-order valence-corrected chi connectivity index (χ1v) is 11.9. The maximum absolute atomic E-state index is 13.0. The van der Waals surface area contributed by atoms with Crippen molar-refractivity contribution in [1.82, 2.24) is 20.4 Å². The number of nitrogens with zero attached hydrogens (tertiary/aromatic N) is 5. The van der Waals surface area contributed by atoms with Crippen molar-refractivity contribution in [3.63, 3.8) is 0 Å². The van der Waals surface area contributed by atoms with Gasteiger partial charge < -0.3 is 30.6 Å². The highest BCUT2D eigenvalue weighted by molar-refractivity contribution is 8.00. The van der Waals surface area contributed by atoms with E-state index < -0.39 is 29.2 Å². The van der Waals surface area contributed by atoms with Crippen molar-refractivity contribution in [3.8, 4) is 5.75 Å². The normalized spacial score (nSPS) is 19.4. The first-order valence-electron chi connectivity index (χ1n) is 10.8. The minimum Gasteiger partial charge on any atom is -0.502 e. The van der Waals surface area contributed by atoms with Crippen LogP contribution in [-0.4, -0.2) is 73.0 Å². The third-order valence-corrected chi connectivity index (χ3v) is 7.13. The molecule has 2 aliphatic heterocycles. The number of aliphatic carboxylic acids is 1. The Morgan fingerprint density at radius 2 is 2.16 bits per heavy atom. The number of nitrogens with one attached hydrogen (secondary N) is 1. The molecule has 1 unspecified atom stereocenters. The van der Waals surface area contributed by atoms with Crippen molar-refractivity contribution in [3.05, 3.63) is 53.8 Å². The summed E-state index contributed by atoms with van der Waals surface area (Å²) in [5.74, 6) is -2.60. The number of benzene rings is 1. The Kier molecular flexibility index (Phi) is 6.12. The molecule has 2 amide bonds. The summed E-state index contributed by atoms with van der Waals surface area (Å²) >= 11 is 1.30. The fourth-order valence-corrected chi connectivity index (χ4v) is 5.55. The summed E-state index contributed by atoms with van der Waals surface area (Å²) in [6.45, 7) is 0.143. The fourth-order valence-electron chi connectivity index (χ4n) is 4.22. The van der Waals surface area contributed by atoms with Gasteiger partial charge in [-0.25, -0.2) is 4.79 Å². The predicted molar refractivity (Wildman–Crippen MR) is 128 cm³/mol. The molecular weight excluding hydrogens is 506 g/mol. The number of rotatable bonds is 7. The van der Waals surface area contributed by atoms with Crippen LogP contribution in [0.25, 0.3) is 10.8 Å². The number of carbonyl (C=O) groups is 3. The van der Waals surface area contributed by atoms with E-state index in [0.717, 1.165) is 10.3 Å². The van der Waals surface area contributed by atoms with E-state index >= 15 is 0 Å². The highest BCUT2D eigenvalue weighted by Gasteiger charge is 2.55. The van der Waals surface area contributed by atoms with Crippen LogP contribution in [0.3, 0.4) is 0 Å². The molecule has 37 heavy (non-hydrogen) atoms. The molecule has 5 rings (SSSR count). The lowest BCUT2D eigenvalue weighted by atomic mass is 10.0. The van der Waals surface area contributed by atoms with E-state index in [4.69, 9.17) is 5.73 Å². The van der Waals surface area contributed by atoms with Gasteiger partial charge in [-0.3, -0.25) is 14.5 Å². The minimum absolute atomic E-state index is 0.0524. The van der Waals surface area contributed by atoms with Crippen molar-refractivity contribution in [2.45, 2.75) is 18.0 Å². The fraction of sp³-hybridized carbons (Fsp3) is 0.227. The van der Waals surface area contributed by atoms with E-state index in [-0.39, 0.29) is 41.3 Å². The molecule has 3 aromatic rings. The van der Waals surface area contributed by atoms with Crippen LogP contribution in [0.4, 0.5) is 6.01 Å². The van der Waals surface area contributed by atoms with Gasteiger partial charge in [-0.2, -0.15) is 9.55 Å². The number of hydrogen-bond donors (Lipinski definition) is 4. The van der Waals surface area contributed by atoms with Crippen molar-refractivity contribution < 1.29 is 38.5 Å². The number of β-lactam (4-membered cyclic amide) rings is 1. The molecule has 0 saturated carbocycles. The summed E-state index contributed by atoms with van der Waals surface area (Å²) in [4.78, 5) is 47.6. The molecule has 4 heterocycles. The summed E-state index contributed by atoms with van der Waals surface area (Å²) in [7, 11) is 1.21. The second-order valence-corrected chi connectivity index (χ2v) is 9.20. The third kappa shape index (κ3) is 4.29. The van der Waals surface area contributed by atoms with E-state index in [0.29, 0.717) is 11.0 Å². The molecule has 1 aromatic carbocycles. The number of nitrogen functional groups attached to an aromatic ring is 1. The zero-order chi connectivity index (χ0) is 26.3. The molecule has 1 saturated heterocycles. The summed E-state index contributed by atoms with van der Waals surface area (Å²) < 4.78 is 6.33. The van der Waals surface area contributed by atoms with Gasteiger partial charge in [-0.15, -0.1) is 11.8 Å². The molecule has 0 spiro atoms. The first-order chi connectivity index (χ1) is 17.8. The Morgan fingerprint density at radius 1 is 1.38 bits per heavy atom. The van der Waals surface area contributed by atoms with E-state index in [1.54, 1.807) is 16.8 Å². The molecule has 1 fully saturated rings. The maximum atomic E-state index is 13.0. The molecule has 2 aromatic heterocycles. The molecule has 0 aliphatic carbocycles. The summed E-state index contributed by atoms with van der Waals surface area (Å²) in [5.41, 5.74) is 5.36. The second kappa shape index (κ2) is 9.42. The Hall–Kier alpha value is -4.66. The van der Waals surface area contributed by atoms with E-state index in [1.165, 1.54) is 25.1 Å². The van der Waals surface area contributed by atoms with Gasteiger partial charge in [0.15, 0.2) is 18.5 Å². The number of carbonyl (C=O) groups excluding carboxylic acids is 2. The third-order valence-electron chi connectivity index (χ3n) is 5.79. The highest BCUT2D eigenvalue weighted by atomic mass is 32.2. The van der Waals surface area contributed by atoms with Gasteiger partial charge in [0, 0.05) is 22.1 Å². The standard InChI is InChI=1S/C22H19N7O7S/c1-35-26-14(17-25-22(23)36-27-17)18(31)24-15-19(32)29-16(21(33)34)11(9-37-20(15)29)7-28-6-10-4-2-3-5-12(10)13(30)8-28/h2-6,8,15,20H,7,9H2,1H3,(H4-,23,24,25,27,30,31,33,34)/p+1/t15?,20-/m0/s1. The van der Waals surface area contributed by atoms with Gasteiger partial charge >= 0.3 is 12.0 Å². The smallest absolute Gasteiger partial charge is 0.352 e. The number of hydrogen-bond acceptors (Lipinski definition) is 11. The average molecular weight is 527 g/mol. The summed E-state index contributed by atoms with van der Waals surface area (Å²) in [6.07, 6.45) is 3.30. The topological polar surface area (TPSA) is 197 Å². The van der Waals surface area contributed by atoms with Gasteiger partial charge in [0.05, 0.1) is 0 Å². The van der Waals surface area contributed by atoms with Gasteiger partial charge in [-0.1, -0.05) is 28.5 Å². The van der Waals surface area contributed by atoms with Crippen molar-refractivity contribution in [2.75, 3.05) is 18.6 Å². The van der Waals surface area contributed by atoms with Crippen LogP contribution in [0.5, 0.6) is 5.75 Å². The lowest BCUT2D eigenvalue weighted by Crippen LogP contribution is -2.71. The quantitative estimate of drug-likeness (QED) is 0.135. The number of amides is 2. The zero-order valence-corrected chi connectivity index (χ0v) is 20.0. The van der Waals surface area contributed by atoms with Crippen molar-refractivity contribution in [2.24, 2.45) is 5.16 Å². The van der Waals surface area contributed by atoms with Gasteiger partial charge in [0.2, 0.25) is 17.7 Å². The Morgan fingerprint density at radius 3 is 2.86 bits per heavy atom. The first kappa shape index (κ1) is 24.1. The number of fused-ring (bicyclic) bond motifs is 2.